The second-order valence-electron chi connectivity index (χ2n) is 7.97. The number of phenols is 1. The molecule has 1 aromatic carbocycles. The third-order valence-electron chi connectivity index (χ3n) is 3.81. The lowest BCUT2D eigenvalue weighted by molar-refractivity contribution is 0.423. The van der Waals surface area contributed by atoms with Crippen LogP contribution in [0.25, 0.3) is 11.4 Å². The molecule has 25 heavy (non-hydrogen) atoms. The van der Waals surface area contributed by atoms with Gasteiger partial charge in [0.05, 0.1) is 0 Å². The van der Waals surface area contributed by atoms with E-state index < -0.39 is 0 Å². The maximum Gasteiger partial charge on any atom is 0.231 e. The normalized spacial score (nSPS) is 13.3. The molecule has 0 saturated heterocycles. The number of nitrogens with zero attached hydrogens (tertiary/aromatic N) is 3. The van der Waals surface area contributed by atoms with E-state index in [0.717, 1.165) is 16.7 Å². The van der Waals surface area contributed by atoms with Crippen LogP contribution in [0.15, 0.2) is 17.1 Å². The zero-order chi connectivity index (χ0) is 19.0. The van der Waals surface area contributed by atoms with Crippen LogP contribution in [0, 0.1) is 0 Å². The van der Waals surface area contributed by atoms with Crippen molar-refractivity contribution in [1.82, 2.24) is 9.36 Å². The number of phenolic OH excluding ortho intramolecular Hbond substituents is 1. The summed E-state index contributed by atoms with van der Waals surface area (Å²) in [5.74, 6) is 0.956. The molecule has 0 unspecified atom stereocenters. The lowest BCUT2D eigenvalue weighted by atomic mass is 9.78. The predicted molar refractivity (Wildman–Crippen MR) is 109 cm³/mol. The zero-order valence-electron chi connectivity index (χ0n) is 15.8. The fourth-order valence-corrected chi connectivity index (χ4v) is 3.24. The molecule has 0 amide bonds. The molecule has 0 radical (unpaired) electrons. The Morgan fingerprint density at radius 2 is 1.64 bits per heavy atom. The average molecular weight is 379 g/mol. The van der Waals surface area contributed by atoms with Crippen LogP contribution < -0.4 is 5.73 Å². The number of amidine groups is 1. The number of nitrogens with two attached hydrogens (primary N) is 1. The van der Waals surface area contributed by atoms with Crippen molar-refractivity contribution in [3.05, 3.63) is 23.3 Å². The number of benzene rings is 1. The SMILES string of the molecule is CSC(N)=Nc1nc(-c2cc(C(C)(C)C)c(O)c(C(C)(C)C)c2)ns1. The van der Waals surface area contributed by atoms with Crippen molar-refractivity contribution in [2.75, 3.05) is 6.26 Å². The monoisotopic (exact) mass is 378 g/mol. The van der Waals surface area contributed by atoms with Crippen LogP contribution >= 0.6 is 23.3 Å². The van der Waals surface area contributed by atoms with Crippen LogP contribution in [0.4, 0.5) is 5.13 Å². The number of thioether (sulfide) groups is 1. The summed E-state index contributed by atoms with van der Waals surface area (Å²) in [6, 6.07) is 3.94. The first-order valence-corrected chi connectivity index (χ1v) is 10.0. The highest BCUT2D eigenvalue weighted by atomic mass is 32.2. The summed E-state index contributed by atoms with van der Waals surface area (Å²) in [6.45, 7) is 12.5. The van der Waals surface area contributed by atoms with Gasteiger partial charge in [0.2, 0.25) is 5.13 Å². The van der Waals surface area contributed by atoms with Crippen LogP contribution in [0.2, 0.25) is 0 Å². The Balaban J connectivity index is 2.63. The molecular formula is C18H26N4OS2. The summed E-state index contributed by atoms with van der Waals surface area (Å²) in [4.78, 5) is 8.73. The van der Waals surface area contributed by atoms with E-state index in [4.69, 9.17) is 5.73 Å². The van der Waals surface area contributed by atoms with Gasteiger partial charge in [0, 0.05) is 28.2 Å². The molecule has 7 heteroatoms. The fraction of sp³-hybridized carbons (Fsp3) is 0.500. The topological polar surface area (TPSA) is 84.4 Å². The predicted octanol–water partition coefficient (Wildman–Crippen LogP) is 4.81. The molecular weight excluding hydrogens is 352 g/mol. The quantitative estimate of drug-likeness (QED) is 0.578. The number of aliphatic imine (C=N–C) groups is 1. The average Bonchev–Trinajstić information content (AvgIpc) is 2.93. The number of hydrogen-bond donors (Lipinski definition) is 2. The Morgan fingerprint density at radius 3 is 2.08 bits per heavy atom. The van der Waals surface area contributed by atoms with Crippen molar-refractivity contribution in [1.29, 1.82) is 0 Å². The van der Waals surface area contributed by atoms with Gasteiger partial charge in [0.1, 0.15) is 5.75 Å². The van der Waals surface area contributed by atoms with Crippen LogP contribution in [-0.2, 0) is 10.8 Å². The van der Waals surface area contributed by atoms with Gasteiger partial charge in [0.25, 0.3) is 0 Å². The second-order valence-corrected chi connectivity index (χ2v) is 9.53. The molecule has 0 atom stereocenters. The van der Waals surface area contributed by atoms with E-state index in [1.165, 1.54) is 23.3 Å². The van der Waals surface area contributed by atoms with E-state index in [0.29, 0.717) is 21.9 Å². The Hall–Kier alpha value is -1.60. The van der Waals surface area contributed by atoms with Gasteiger partial charge in [0.15, 0.2) is 11.0 Å². The minimum Gasteiger partial charge on any atom is -0.507 e. The van der Waals surface area contributed by atoms with Crippen molar-refractivity contribution in [3.8, 4) is 17.1 Å². The standard InChI is InChI=1S/C18H26N4OS2/c1-17(2,3)11-8-10(9-12(13(11)23)18(4,5)6)14-20-16(25-22-14)21-15(19)24-7/h8-9,23H,1-7H3,(H2,19,20,21,22). The van der Waals surface area contributed by atoms with E-state index >= 15 is 0 Å². The fourth-order valence-electron chi connectivity index (χ4n) is 2.43. The Morgan fingerprint density at radius 1 is 1.12 bits per heavy atom. The smallest absolute Gasteiger partial charge is 0.231 e. The van der Waals surface area contributed by atoms with Crippen LogP contribution in [0.5, 0.6) is 5.75 Å². The highest BCUT2D eigenvalue weighted by Crippen LogP contribution is 2.41. The van der Waals surface area contributed by atoms with Gasteiger partial charge in [-0.25, -0.2) is 0 Å². The van der Waals surface area contributed by atoms with Crippen molar-refractivity contribution >= 4 is 33.6 Å². The van der Waals surface area contributed by atoms with E-state index in [2.05, 4.69) is 55.9 Å². The summed E-state index contributed by atoms with van der Waals surface area (Å²) < 4.78 is 4.43. The third kappa shape index (κ3) is 4.52. The number of aromatic hydroxyl groups is 1. The highest BCUT2D eigenvalue weighted by Gasteiger charge is 2.27. The first-order valence-electron chi connectivity index (χ1n) is 8.03. The molecule has 2 aromatic rings. The summed E-state index contributed by atoms with van der Waals surface area (Å²) >= 11 is 2.59. The summed E-state index contributed by atoms with van der Waals surface area (Å²) in [5, 5.41) is 11.8. The largest absolute Gasteiger partial charge is 0.507 e. The van der Waals surface area contributed by atoms with Gasteiger partial charge >= 0.3 is 0 Å². The molecule has 136 valence electrons. The Labute approximate surface area is 158 Å². The molecule has 0 aliphatic carbocycles. The molecule has 0 spiro atoms. The lowest BCUT2D eigenvalue weighted by Crippen LogP contribution is -2.17. The van der Waals surface area contributed by atoms with E-state index in [9.17, 15) is 5.11 Å². The van der Waals surface area contributed by atoms with Gasteiger partial charge in [-0.15, -0.1) is 0 Å². The maximum absolute atomic E-state index is 10.8. The van der Waals surface area contributed by atoms with Crippen molar-refractivity contribution < 1.29 is 5.11 Å². The maximum atomic E-state index is 10.8. The number of aromatic nitrogens is 2. The molecule has 1 heterocycles. The first-order chi connectivity index (χ1) is 11.4. The van der Waals surface area contributed by atoms with Crippen molar-refractivity contribution in [2.24, 2.45) is 10.7 Å². The van der Waals surface area contributed by atoms with Gasteiger partial charge in [-0.05, 0) is 29.2 Å². The van der Waals surface area contributed by atoms with Crippen molar-refractivity contribution in [2.45, 2.75) is 52.4 Å². The summed E-state index contributed by atoms with van der Waals surface area (Å²) in [6.07, 6.45) is 1.87. The van der Waals surface area contributed by atoms with Gasteiger partial charge in [-0.2, -0.15) is 14.3 Å². The van der Waals surface area contributed by atoms with Gasteiger partial charge < -0.3 is 10.8 Å². The molecule has 0 bridgehead atoms. The first kappa shape index (κ1) is 19.7. The van der Waals surface area contributed by atoms with Crippen molar-refractivity contribution in [3.63, 3.8) is 0 Å². The molecule has 5 nitrogen and oxygen atoms in total. The summed E-state index contributed by atoms with van der Waals surface area (Å²) in [7, 11) is 0. The minimum atomic E-state index is -0.194. The molecule has 0 fully saturated rings. The van der Waals surface area contributed by atoms with E-state index in [1.54, 1.807) is 0 Å². The molecule has 0 aliphatic heterocycles. The molecule has 0 aliphatic rings. The lowest BCUT2D eigenvalue weighted by Gasteiger charge is -2.27. The Bertz CT molecular complexity index is 763. The minimum absolute atomic E-state index is 0.194. The zero-order valence-corrected chi connectivity index (χ0v) is 17.5. The van der Waals surface area contributed by atoms with Gasteiger partial charge in [-0.3, -0.25) is 0 Å². The van der Waals surface area contributed by atoms with Crippen LogP contribution in [0.1, 0.15) is 52.7 Å². The van der Waals surface area contributed by atoms with E-state index in [1.807, 2.05) is 18.4 Å². The molecule has 0 saturated carbocycles. The molecule has 2 rings (SSSR count). The van der Waals surface area contributed by atoms with E-state index in [-0.39, 0.29) is 10.8 Å². The Kier molecular flexibility index (Phi) is 5.49. The number of rotatable bonds is 2. The van der Waals surface area contributed by atoms with Crippen LogP contribution in [-0.4, -0.2) is 25.9 Å². The van der Waals surface area contributed by atoms with Crippen LogP contribution in [0.3, 0.4) is 0 Å². The number of hydrogen-bond acceptors (Lipinski definition) is 6. The molecule has 1 aromatic heterocycles. The van der Waals surface area contributed by atoms with Gasteiger partial charge in [-0.1, -0.05) is 53.3 Å². The third-order valence-corrected chi connectivity index (χ3v) is 4.93. The second kappa shape index (κ2) is 6.96. The summed E-state index contributed by atoms with van der Waals surface area (Å²) in [5.41, 5.74) is 8.02. The molecule has 3 N–H and O–H groups in total. The highest BCUT2D eigenvalue weighted by molar-refractivity contribution is 8.13.